The van der Waals surface area contributed by atoms with Crippen molar-refractivity contribution < 1.29 is 28.5 Å². The van der Waals surface area contributed by atoms with E-state index in [0.717, 1.165) is 18.5 Å². The Balaban J connectivity index is 1.13. The van der Waals surface area contributed by atoms with Crippen molar-refractivity contribution >= 4 is 22.8 Å². The number of nitrogens with one attached hydrogen (secondary N) is 2. The summed E-state index contributed by atoms with van der Waals surface area (Å²) in [5.41, 5.74) is 1.05. The zero-order chi connectivity index (χ0) is 25.6. The Morgan fingerprint density at radius 2 is 2.05 bits per heavy atom. The van der Waals surface area contributed by atoms with Gasteiger partial charge in [-0.2, -0.15) is 0 Å². The topological polar surface area (TPSA) is 128 Å². The van der Waals surface area contributed by atoms with Gasteiger partial charge in [0.25, 0.3) is 5.91 Å². The van der Waals surface area contributed by atoms with Crippen molar-refractivity contribution in [2.45, 2.75) is 55.9 Å². The summed E-state index contributed by atoms with van der Waals surface area (Å²) in [6.45, 7) is 0.930. The first-order valence-electron chi connectivity index (χ1n) is 12.4. The Bertz CT molecular complexity index is 1340. The van der Waals surface area contributed by atoms with Crippen LogP contribution in [-0.4, -0.2) is 63.5 Å². The molecule has 1 saturated carbocycles. The molecule has 37 heavy (non-hydrogen) atoms. The second-order valence-electron chi connectivity index (χ2n) is 10.00. The summed E-state index contributed by atoms with van der Waals surface area (Å²) in [5.74, 6) is 0.624. The lowest BCUT2D eigenvalue weighted by Crippen LogP contribution is -2.65. The summed E-state index contributed by atoms with van der Waals surface area (Å²) in [6.07, 6.45) is 3.23. The number of aliphatic hydroxyl groups is 1. The molecule has 10 nitrogen and oxygen atoms in total. The van der Waals surface area contributed by atoms with E-state index < -0.39 is 17.5 Å². The van der Waals surface area contributed by atoms with Gasteiger partial charge in [-0.25, -0.2) is 14.4 Å². The molecular weight excluding hydrogens is 481 g/mol. The highest BCUT2D eigenvalue weighted by atomic mass is 19.1. The molecule has 3 aliphatic heterocycles. The third kappa shape index (κ3) is 4.36. The lowest BCUT2D eigenvalue weighted by Gasteiger charge is -2.55. The van der Waals surface area contributed by atoms with Crippen molar-refractivity contribution in [1.29, 1.82) is 0 Å². The molecule has 3 aromatic rings. The largest absolute Gasteiger partial charge is 0.481 e. The van der Waals surface area contributed by atoms with Gasteiger partial charge in [-0.3, -0.25) is 9.78 Å². The Morgan fingerprint density at radius 1 is 1.22 bits per heavy atom. The van der Waals surface area contributed by atoms with Crippen molar-refractivity contribution in [1.82, 2.24) is 20.3 Å². The molecule has 1 unspecified atom stereocenters. The zero-order valence-electron chi connectivity index (χ0n) is 20.4. The fourth-order valence-electron chi connectivity index (χ4n) is 5.52. The quantitative estimate of drug-likeness (QED) is 0.439. The summed E-state index contributed by atoms with van der Waals surface area (Å²) < 4.78 is 31.7. The molecule has 11 heteroatoms. The van der Waals surface area contributed by atoms with Crippen LogP contribution in [0.2, 0.25) is 0 Å². The summed E-state index contributed by atoms with van der Waals surface area (Å²) in [5, 5.41) is 17.6. The number of carbonyl (C=O) groups excluding carboxylic acids is 1. The van der Waals surface area contributed by atoms with E-state index in [2.05, 4.69) is 25.6 Å². The van der Waals surface area contributed by atoms with E-state index in [1.165, 1.54) is 13.3 Å². The predicted octanol–water partition coefficient (Wildman–Crippen LogP) is 2.28. The first-order valence-corrected chi connectivity index (χ1v) is 12.4. The molecular formula is C26H28FN5O5. The Kier molecular flexibility index (Phi) is 5.93. The Hall–Kier alpha value is -3.41. The van der Waals surface area contributed by atoms with E-state index in [4.69, 9.17) is 14.2 Å². The summed E-state index contributed by atoms with van der Waals surface area (Å²) in [6, 6.07) is 7.08. The highest BCUT2D eigenvalue weighted by Gasteiger charge is 2.53. The summed E-state index contributed by atoms with van der Waals surface area (Å²) in [7, 11) is 1.50. The number of halogens is 1. The number of aliphatic hydroxyl groups excluding tert-OH is 1. The average Bonchev–Trinajstić information content (AvgIpc) is 2.94. The number of rotatable bonds is 7. The lowest BCUT2D eigenvalue weighted by molar-refractivity contribution is -0.208. The van der Waals surface area contributed by atoms with Crippen molar-refractivity contribution in [3.63, 3.8) is 0 Å². The molecule has 1 aliphatic carbocycles. The highest BCUT2D eigenvalue weighted by Crippen LogP contribution is 2.46. The fraction of sp³-hybridized carbons (Fsp3) is 0.462. The van der Waals surface area contributed by atoms with Crippen LogP contribution >= 0.6 is 0 Å². The van der Waals surface area contributed by atoms with E-state index in [1.807, 2.05) is 12.1 Å². The van der Waals surface area contributed by atoms with E-state index in [-0.39, 0.29) is 24.5 Å². The van der Waals surface area contributed by atoms with Crippen molar-refractivity contribution in [2.24, 2.45) is 0 Å². The minimum absolute atomic E-state index is 0.00490. The van der Waals surface area contributed by atoms with Crippen LogP contribution < -0.4 is 20.1 Å². The van der Waals surface area contributed by atoms with Gasteiger partial charge in [-0.05, 0) is 43.9 Å². The Morgan fingerprint density at radius 3 is 2.81 bits per heavy atom. The zero-order valence-corrected chi connectivity index (χ0v) is 20.4. The summed E-state index contributed by atoms with van der Waals surface area (Å²) in [4.78, 5) is 24.6. The molecule has 6 heterocycles. The SMILES string of the molecule is COc1ccc2ncc(F)c(CC(O)C34CCC(NCc5ccc6c(n5)NC(=O)CO6)(CC3)CO4)c2n1. The molecule has 2 bridgehead atoms. The number of carbonyl (C=O) groups is 1. The van der Waals surface area contributed by atoms with Crippen LogP contribution in [0.3, 0.4) is 0 Å². The molecule has 1 amide bonds. The molecule has 4 aliphatic rings. The number of ether oxygens (including phenoxy) is 3. The van der Waals surface area contributed by atoms with Gasteiger partial charge in [-0.15, -0.1) is 0 Å². The van der Waals surface area contributed by atoms with Crippen molar-refractivity contribution in [2.75, 3.05) is 25.6 Å². The fourth-order valence-corrected chi connectivity index (χ4v) is 5.52. The molecule has 1 atom stereocenters. The van der Waals surface area contributed by atoms with Crippen LogP contribution in [0.15, 0.2) is 30.5 Å². The van der Waals surface area contributed by atoms with Gasteiger partial charge in [-0.1, -0.05) is 0 Å². The number of aromatic nitrogens is 3. The highest BCUT2D eigenvalue weighted by molar-refractivity contribution is 5.94. The van der Waals surface area contributed by atoms with E-state index >= 15 is 0 Å². The van der Waals surface area contributed by atoms with E-state index in [9.17, 15) is 14.3 Å². The maximum absolute atomic E-state index is 14.8. The van der Waals surface area contributed by atoms with Crippen LogP contribution in [0.5, 0.6) is 11.6 Å². The van der Waals surface area contributed by atoms with Gasteiger partial charge in [0.1, 0.15) is 5.82 Å². The molecule has 3 fully saturated rings. The number of hydrogen-bond acceptors (Lipinski definition) is 9. The second kappa shape index (κ2) is 9.16. The van der Waals surface area contributed by atoms with Crippen LogP contribution in [0.1, 0.15) is 36.9 Å². The number of hydrogen-bond donors (Lipinski definition) is 3. The van der Waals surface area contributed by atoms with Gasteiger partial charge in [0, 0.05) is 30.1 Å². The summed E-state index contributed by atoms with van der Waals surface area (Å²) >= 11 is 0. The third-order valence-corrected chi connectivity index (χ3v) is 7.82. The smallest absolute Gasteiger partial charge is 0.263 e. The number of amides is 1. The molecule has 2 saturated heterocycles. The predicted molar refractivity (Wildman–Crippen MR) is 131 cm³/mol. The van der Waals surface area contributed by atoms with Crippen LogP contribution in [0.4, 0.5) is 10.2 Å². The first kappa shape index (κ1) is 24.0. The van der Waals surface area contributed by atoms with Crippen LogP contribution in [0, 0.1) is 5.82 Å². The minimum Gasteiger partial charge on any atom is -0.481 e. The van der Waals surface area contributed by atoms with Crippen molar-refractivity contribution in [3.05, 3.63) is 47.5 Å². The van der Waals surface area contributed by atoms with Gasteiger partial charge in [0.15, 0.2) is 18.2 Å². The second-order valence-corrected chi connectivity index (χ2v) is 10.00. The van der Waals surface area contributed by atoms with Gasteiger partial charge >= 0.3 is 0 Å². The lowest BCUT2D eigenvalue weighted by atomic mass is 9.68. The molecule has 0 spiro atoms. The number of nitrogens with zero attached hydrogens (tertiary/aromatic N) is 3. The van der Waals surface area contributed by atoms with Crippen molar-refractivity contribution in [3.8, 4) is 11.6 Å². The molecule has 3 aromatic heterocycles. The van der Waals surface area contributed by atoms with E-state index in [0.29, 0.717) is 60.0 Å². The third-order valence-electron chi connectivity index (χ3n) is 7.82. The monoisotopic (exact) mass is 509 g/mol. The van der Waals surface area contributed by atoms with Gasteiger partial charge in [0.05, 0.1) is 48.3 Å². The van der Waals surface area contributed by atoms with Crippen LogP contribution in [0.25, 0.3) is 11.0 Å². The maximum Gasteiger partial charge on any atom is 0.263 e. The number of fused-ring (bicyclic) bond motifs is 5. The molecule has 0 radical (unpaired) electrons. The van der Waals surface area contributed by atoms with E-state index in [1.54, 1.807) is 12.1 Å². The molecule has 0 aromatic carbocycles. The number of methoxy groups -OCH3 is 1. The first-order chi connectivity index (χ1) is 17.9. The molecule has 3 N–H and O–H groups in total. The number of anilines is 1. The average molecular weight is 510 g/mol. The van der Waals surface area contributed by atoms with Crippen LogP contribution in [-0.2, 0) is 22.5 Å². The van der Waals surface area contributed by atoms with Gasteiger partial charge < -0.3 is 30.0 Å². The maximum atomic E-state index is 14.8. The normalized spacial score (nSPS) is 25.3. The minimum atomic E-state index is -0.898. The number of pyridine rings is 3. The molecule has 7 rings (SSSR count). The standard InChI is InChI=1S/C26H28FN5O5/c1-35-22-5-3-18-23(32-22)16(17(27)12-28-18)10-20(33)26-8-6-25(7-9-26,14-37-26)29-11-15-2-4-19-24(30-15)31-21(34)13-36-19/h2-5,12,20,29,33H,6-11,13-14H2,1H3,(H,30,31,34). The Labute approximate surface area is 212 Å². The molecule has 194 valence electrons. The van der Waals surface area contributed by atoms with Gasteiger partial charge in [0.2, 0.25) is 5.88 Å².